The number of imidazole rings is 1. The van der Waals surface area contributed by atoms with Crippen molar-refractivity contribution in [3.05, 3.63) is 63.1 Å². The monoisotopic (exact) mass is 364 g/mol. The fraction of sp³-hybridized carbons (Fsp3) is 0. The highest BCUT2D eigenvalue weighted by Gasteiger charge is 2.15. The van der Waals surface area contributed by atoms with Gasteiger partial charge in [0.1, 0.15) is 5.82 Å². The molecular weight excluding hydrogens is 355 g/mol. The van der Waals surface area contributed by atoms with Gasteiger partial charge in [0, 0.05) is 10.6 Å². The number of rotatable bonds is 2. The van der Waals surface area contributed by atoms with Gasteiger partial charge >= 0.3 is 0 Å². The molecule has 3 aromatic rings. The molecule has 4 N–H and O–H groups in total. The molecule has 0 aliphatic carbocycles. The number of aromatic amines is 2. The lowest BCUT2D eigenvalue weighted by atomic mass is 10.1. The highest BCUT2D eigenvalue weighted by atomic mass is 35.5. The van der Waals surface area contributed by atoms with Crippen LogP contribution in [0.5, 0.6) is 0 Å². The zero-order chi connectivity index (χ0) is 17.3. The number of hydrogen-bond acceptors (Lipinski definition) is 3. The number of nitrogens with one attached hydrogen (secondary N) is 4. The maximum absolute atomic E-state index is 13.6. The molecule has 0 saturated carbocycles. The third kappa shape index (κ3) is 3.29. The topological polar surface area (TPSA) is 89.8 Å². The zero-order valence-corrected chi connectivity index (χ0v) is 13.5. The van der Waals surface area contributed by atoms with Gasteiger partial charge in [-0.15, -0.1) is 0 Å². The van der Waals surface area contributed by atoms with Gasteiger partial charge in [0.05, 0.1) is 16.6 Å². The van der Waals surface area contributed by atoms with Crippen LogP contribution in [-0.2, 0) is 0 Å². The van der Waals surface area contributed by atoms with Crippen LogP contribution in [0.1, 0.15) is 20.7 Å². The van der Waals surface area contributed by atoms with Crippen molar-refractivity contribution in [2.75, 3.05) is 0 Å². The van der Waals surface area contributed by atoms with Crippen LogP contribution < -0.4 is 10.9 Å². The average Bonchev–Trinajstić information content (AvgIpc) is 2.92. The summed E-state index contributed by atoms with van der Waals surface area (Å²) in [6.45, 7) is 0. The van der Waals surface area contributed by atoms with E-state index in [9.17, 15) is 14.0 Å². The molecule has 0 spiro atoms. The molecule has 0 radical (unpaired) electrons. The van der Waals surface area contributed by atoms with Gasteiger partial charge in [-0.1, -0.05) is 11.6 Å². The third-order valence-corrected chi connectivity index (χ3v) is 3.69. The Kier molecular flexibility index (Phi) is 4.32. The quantitative estimate of drug-likeness (QED) is 0.416. The van der Waals surface area contributed by atoms with Crippen LogP contribution in [0, 0.1) is 10.6 Å². The highest BCUT2D eigenvalue weighted by molar-refractivity contribution is 7.71. The van der Waals surface area contributed by atoms with Crippen LogP contribution in [-0.4, -0.2) is 21.8 Å². The summed E-state index contributed by atoms with van der Waals surface area (Å²) >= 11 is 10.7. The summed E-state index contributed by atoms with van der Waals surface area (Å²) in [6.07, 6.45) is 0. The Morgan fingerprint density at radius 3 is 2.42 bits per heavy atom. The van der Waals surface area contributed by atoms with E-state index in [2.05, 4.69) is 20.8 Å². The molecular formula is C15H10ClFN4O2S. The molecule has 3 rings (SSSR count). The lowest BCUT2D eigenvalue weighted by molar-refractivity contribution is 0.0847. The minimum atomic E-state index is -0.688. The first-order valence-corrected chi connectivity index (χ1v) is 7.50. The predicted octanol–water partition coefficient (Wildman–Crippen LogP) is 3.09. The van der Waals surface area contributed by atoms with Gasteiger partial charge in [0.2, 0.25) is 0 Å². The molecule has 122 valence electrons. The number of hydrazine groups is 1. The smallest absolute Gasteiger partial charge is 0.271 e. The van der Waals surface area contributed by atoms with Crippen LogP contribution in [0.15, 0.2) is 36.4 Å². The van der Waals surface area contributed by atoms with Crippen molar-refractivity contribution in [3.63, 3.8) is 0 Å². The standard InChI is InChI=1S/C15H10ClFN4O2S/c16-8-3-1-7(2-4-8)13(22)20-21-14(23)10-5-9(17)6-11-12(10)19-15(24)18-11/h1-6H,(H,20,22)(H,21,23)(H2,18,19,24). The summed E-state index contributed by atoms with van der Waals surface area (Å²) < 4.78 is 13.9. The van der Waals surface area contributed by atoms with Crippen LogP contribution in [0.25, 0.3) is 11.0 Å². The third-order valence-electron chi connectivity index (χ3n) is 3.23. The molecule has 9 heteroatoms. The Labute approximate surface area is 145 Å². The van der Waals surface area contributed by atoms with Crippen LogP contribution >= 0.6 is 23.8 Å². The lowest BCUT2D eigenvalue weighted by Crippen LogP contribution is -2.41. The van der Waals surface area contributed by atoms with Gasteiger partial charge in [-0.3, -0.25) is 20.4 Å². The minimum Gasteiger partial charge on any atom is -0.331 e. The minimum absolute atomic E-state index is 0.00811. The van der Waals surface area contributed by atoms with E-state index >= 15 is 0 Å². The molecule has 24 heavy (non-hydrogen) atoms. The van der Waals surface area contributed by atoms with Crippen LogP contribution in [0.4, 0.5) is 4.39 Å². The maximum Gasteiger partial charge on any atom is 0.271 e. The molecule has 6 nitrogen and oxygen atoms in total. The molecule has 0 saturated heterocycles. The lowest BCUT2D eigenvalue weighted by Gasteiger charge is -2.08. The largest absolute Gasteiger partial charge is 0.331 e. The number of hydrogen-bond donors (Lipinski definition) is 4. The molecule has 2 aromatic carbocycles. The van der Waals surface area contributed by atoms with E-state index in [1.54, 1.807) is 12.1 Å². The van der Waals surface area contributed by atoms with E-state index < -0.39 is 17.6 Å². The van der Waals surface area contributed by atoms with Crippen LogP contribution in [0.3, 0.4) is 0 Å². The van der Waals surface area contributed by atoms with E-state index in [1.807, 2.05) is 0 Å². The SMILES string of the molecule is O=C(NNC(=O)c1cc(F)cc2[nH]c(=S)[nH]c12)c1ccc(Cl)cc1. The van der Waals surface area contributed by atoms with Gasteiger partial charge in [0.15, 0.2) is 4.77 Å². The molecule has 0 bridgehead atoms. The number of aromatic nitrogens is 2. The van der Waals surface area contributed by atoms with Crippen molar-refractivity contribution in [2.24, 2.45) is 0 Å². The Balaban J connectivity index is 1.79. The average molecular weight is 365 g/mol. The van der Waals surface area contributed by atoms with E-state index in [1.165, 1.54) is 18.2 Å². The second-order valence-corrected chi connectivity index (χ2v) is 5.71. The van der Waals surface area contributed by atoms with Gasteiger partial charge in [-0.2, -0.15) is 0 Å². The van der Waals surface area contributed by atoms with E-state index in [0.29, 0.717) is 21.6 Å². The molecule has 0 unspecified atom stereocenters. The summed E-state index contributed by atoms with van der Waals surface area (Å²) in [6, 6.07) is 8.37. The van der Waals surface area contributed by atoms with Crippen molar-refractivity contribution < 1.29 is 14.0 Å². The van der Waals surface area contributed by atoms with Crippen molar-refractivity contribution >= 4 is 46.7 Å². The van der Waals surface area contributed by atoms with Gasteiger partial charge in [-0.25, -0.2) is 4.39 Å². The fourth-order valence-electron chi connectivity index (χ4n) is 2.14. The Morgan fingerprint density at radius 2 is 1.71 bits per heavy atom. The first kappa shape index (κ1) is 16.2. The van der Waals surface area contributed by atoms with Gasteiger partial charge in [-0.05, 0) is 48.6 Å². The second-order valence-electron chi connectivity index (χ2n) is 4.87. The number of benzene rings is 2. The van der Waals surface area contributed by atoms with E-state index in [4.69, 9.17) is 23.8 Å². The number of H-pyrrole nitrogens is 2. The molecule has 0 aliphatic rings. The fourth-order valence-corrected chi connectivity index (χ4v) is 2.48. The van der Waals surface area contributed by atoms with Gasteiger partial charge < -0.3 is 9.97 Å². The molecule has 1 aromatic heterocycles. The number of halogens is 2. The number of carbonyl (C=O) groups is 2. The van der Waals surface area contributed by atoms with Crippen molar-refractivity contribution in [1.82, 2.24) is 20.8 Å². The van der Waals surface area contributed by atoms with Crippen molar-refractivity contribution in [3.8, 4) is 0 Å². The molecule has 2 amide bonds. The van der Waals surface area contributed by atoms with Crippen LogP contribution in [0.2, 0.25) is 5.02 Å². The predicted molar refractivity (Wildman–Crippen MR) is 89.8 cm³/mol. The summed E-state index contributed by atoms with van der Waals surface area (Å²) in [5.74, 6) is -1.83. The van der Waals surface area contributed by atoms with Crippen molar-refractivity contribution in [2.45, 2.75) is 0 Å². The summed E-state index contributed by atoms with van der Waals surface area (Å²) in [5.41, 5.74) is 5.51. The maximum atomic E-state index is 13.6. The second kappa shape index (κ2) is 6.42. The molecule has 0 fully saturated rings. The molecule has 1 heterocycles. The van der Waals surface area contributed by atoms with E-state index in [-0.39, 0.29) is 10.3 Å². The Hall–Kier alpha value is -2.71. The van der Waals surface area contributed by atoms with Crippen molar-refractivity contribution in [1.29, 1.82) is 0 Å². The summed E-state index contributed by atoms with van der Waals surface area (Å²) in [4.78, 5) is 29.7. The summed E-state index contributed by atoms with van der Waals surface area (Å²) in [7, 11) is 0. The summed E-state index contributed by atoms with van der Waals surface area (Å²) in [5, 5.41) is 0.487. The number of fused-ring (bicyclic) bond motifs is 1. The number of amides is 2. The Bertz CT molecular complexity index is 997. The zero-order valence-electron chi connectivity index (χ0n) is 11.9. The normalized spacial score (nSPS) is 10.6. The van der Waals surface area contributed by atoms with E-state index in [0.717, 1.165) is 6.07 Å². The number of carbonyl (C=O) groups excluding carboxylic acids is 2. The van der Waals surface area contributed by atoms with Gasteiger partial charge in [0.25, 0.3) is 11.8 Å². The Morgan fingerprint density at radius 1 is 1.04 bits per heavy atom. The molecule has 0 atom stereocenters. The first-order chi connectivity index (χ1) is 11.4. The molecule has 0 aliphatic heterocycles. The highest BCUT2D eigenvalue weighted by Crippen LogP contribution is 2.17. The first-order valence-electron chi connectivity index (χ1n) is 6.72.